The third-order valence-electron chi connectivity index (χ3n) is 5.02. The van der Waals surface area contributed by atoms with E-state index < -0.39 is 17.3 Å². The molecular weight excluding hydrogens is 312 g/mol. The third-order valence-corrected chi connectivity index (χ3v) is 5.02. The van der Waals surface area contributed by atoms with Gasteiger partial charge in [-0.05, 0) is 30.9 Å². The van der Waals surface area contributed by atoms with Crippen molar-refractivity contribution < 1.29 is 14.3 Å². The second-order valence-corrected chi connectivity index (χ2v) is 6.30. The first-order valence-electron chi connectivity index (χ1n) is 8.62. The van der Waals surface area contributed by atoms with Gasteiger partial charge in [-0.15, -0.1) is 6.58 Å². The van der Waals surface area contributed by atoms with Gasteiger partial charge in [-0.3, -0.25) is 9.59 Å². The van der Waals surface area contributed by atoms with Crippen LogP contribution in [0.3, 0.4) is 0 Å². The van der Waals surface area contributed by atoms with E-state index in [2.05, 4.69) is 6.58 Å². The Morgan fingerprint density at radius 3 is 2.56 bits per heavy atom. The van der Waals surface area contributed by atoms with Gasteiger partial charge < -0.3 is 4.74 Å². The molecule has 3 heteroatoms. The van der Waals surface area contributed by atoms with Gasteiger partial charge in [0.15, 0.2) is 5.78 Å². The predicted octanol–water partition coefficient (Wildman–Crippen LogP) is 4.33. The number of rotatable bonds is 5. The maximum atomic E-state index is 13.5. The van der Waals surface area contributed by atoms with E-state index in [1.54, 1.807) is 19.1 Å². The largest absolute Gasteiger partial charge is 0.465 e. The molecule has 1 aliphatic carbocycles. The van der Waals surface area contributed by atoms with Crippen LogP contribution in [0.5, 0.6) is 0 Å². The molecule has 0 saturated carbocycles. The Kier molecular flexibility index (Phi) is 4.84. The van der Waals surface area contributed by atoms with Crippen LogP contribution < -0.4 is 0 Å². The number of ether oxygens (including phenoxy) is 1. The highest BCUT2D eigenvalue weighted by Crippen LogP contribution is 2.47. The monoisotopic (exact) mass is 334 g/mol. The van der Waals surface area contributed by atoms with Crippen molar-refractivity contribution in [3.05, 3.63) is 83.9 Å². The van der Waals surface area contributed by atoms with Crippen LogP contribution in [-0.2, 0) is 16.0 Å². The highest BCUT2D eigenvalue weighted by atomic mass is 16.5. The Morgan fingerprint density at radius 2 is 1.88 bits per heavy atom. The van der Waals surface area contributed by atoms with E-state index in [0.29, 0.717) is 18.4 Å². The molecule has 0 spiro atoms. The van der Waals surface area contributed by atoms with Crippen LogP contribution in [0.25, 0.3) is 0 Å². The van der Waals surface area contributed by atoms with E-state index in [4.69, 9.17) is 4.74 Å². The zero-order chi connectivity index (χ0) is 17.9. The fourth-order valence-corrected chi connectivity index (χ4v) is 3.81. The zero-order valence-corrected chi connectivity index (χ0v) is 14.4. The second-order valence-electron chi connectivity index (χ2n) is 6.30. The quantitative estimate of drug-likeness (QED) is 0.464. The summed E-state index contributed by atoms with van der Waals surface area (Å²) in [6, 6.07) is 17.1. The minimum Gasteiger partial charge on any atom is -0.465 e. The number of carbonyl (C=O) groups excluding carboxylic acids is 2. The Labute approximate surface area is 148 Å². The molecule has 2 aromatic carbocycles. The van der Waals surface area contributed by atoms with Crippen molar-refractivity contribution in [3.63, 3.8) is 0 Å². The summed E-state index contributed by atoms with van der Waals surface area (Å²) in [6.07, 6.45) is 2.79. The van der Waals surface area contributed by atoms with E-state index in [1.807, 2.05) is 48.5 Å². The van der Waals surface area contributed by atoms with Crippen molar-refractivity contribution in [1.82, 2.24) is 0 Å². The lowest BCUT2D eigenvalue weighted by Gasteiger charge is -2.39. The summed E-state index contributed by atoms with van der Waals surface area (Å²) >= 11 is 0. The van der Waals surface area contributed by atoms with Crippen molar-refractivity contribution in [2.45, 2.75) is 25.7 Å². The summed E-state index contributed by atoms with van der Waals surface area (Å²) in [5.74, 6) is -1.04. The number of hydrogen-bond acceptors (Lipinski definition) is 3. The van der Waals surface area contributed by atoms with Gasteiger partial charge >= 0.3 is 5.97 Å². The van der Waals surface area contributed by atoms with E-state index >= 15 is 0 Å². The fourth-order valence-electron chi connectivity index (χ4n) is 3.81. The Hall–Kier alpha value is -2.68. The van der Waals surface area contributed by atoms with Gasteiger partial charge in [-0.2, -0.15) is 0 Å². The van der Waals surface area contributed by atoms with Crippen molar-refractivity contribution in [2.75, 3.05) is 6.61 Å². The fraction of sp³-hybridized carbons (Fsp3) is 0.273. The standard InChI is InChI=1S/C22H22O3/c1-3-19(17-11-6-5-7-12-17)22(21(24)25-4-2)15-14-16-10-8-9-13-18(16)20(22)23/h3,5-13,19H,1,4,14-15H2,2H3/t19-,22+/m0/s1. The van der Waals surface area contributed by atoms with Gasteiger partial charge in [-0.25, -0.2) is 0 Å². The van der Waals surface area contributed by atoms with Crippen LogP contribution in [0.4, 0.5) is 0 Å². The van der Waals surface area contributed by atoms with Crippen molar-refractivity contribution >= 4 is 11.8 Å². The molecule has 0 N–H and O–H groups in total. The Morgan fingerprint density at radius 1 is 1.20 bits per heavy atom. The number of ketones is 1. The minimum atomic E-state index is -1.26. The minimum absolute atomic E-state index is 0.165. The van der Waals surface area contributed by atoms with Crippen molar-refractivity contribution in [3.8, 4) is 0 Å². The maximum Gasteiger partial charge on any atom is 0.320 e. The first-order chi connectivity index (χ1) is 12.1. The summed E-state index contributed by atoms with van der Waals surface area (Å²) in [4.78, 5) is 26.5. The molecule has 2 aromatic rings. The van der Waals surface area contributed by atoms with Gasteiger partial charge in [0.25, 0.3) is 0 Å². The van der Waals surface area contributed by atoms with Crippen molar-refractivity contribution in [2.24, 2.45) is 5.41 Å². The number of esters is 1. The number of hydrogen-bond donors (Lipinski definition) is 0. The molecule has 0 bridgehead atoms. The number of carbonyl (C=O) groups is 2. The van der Waals surface area contributed by atoms with Crippen LogP contribution in [0.15, 0.2) is 67.3 Å². The van der Waals surface area contributed by atoms with Crippen LogP contribution >= 0.6 is 0 Å². The Bertz CT molecular complexity index is 794. The smallest absolute Gasteiger partial charge is 0.320 e. The summed E-state index contributed by atoms with van der Waals surface area (Å²) in [7, 11) is 0. The molecule has 3 rings (SSSR count). The van der Waals surface area contributed by atoms with Crippen molar-refractivity contribution in [1.29, 1.82) is 0 Å². The van der Waals surface area contributed by atoms with Gasteiger partial charge in [0.2, 0.25) is 0 Å². The number of benzene rings is 2. The van der Waals surface area contributed by atoms with Gasteiger partial charge in [-0.1, -0.05) is 60.7 Å². The SMILES string of the molecule is C=C[C@@H](c1ccccc1)[C@]1(C(=O)OCC)CCc2ccccc2C1=O. The molecule has 0 aliphatic heterocycles. The summed E-state index contributed by atoms with van der Waals surface area (Å²) in [6.45, 7) is 5.94. The molecule has 0 radical (unpaired) electrons. The molecule has 3 nitrogen and oxygen atoms in total. The second kappa shape index (κ2) is 7.06. The molecule has 0 amide bonds. The van der Waals surface area contributed by atoms with E-state index in [1.165, 1.54) is 0 Å². The van der Waals surface area contributed by atoms with Gasteiger partial charge in [0, 0.05) is 11.5 Å². The number of Topliss-reactive ketones (excluding diaryl/α,β-unsaturated/α-hetero) is 1. The average Bonchev–Trinajstić information content (AvgIpc) is 2.65. The van der Waals surface area contributed by atoms with Gasteiger partial charge in [0.05, 0.1) is 6.61 Å². The molecule has 128 valence electrons. The molecule has 0 unspecified atom stereocenters. The third kappa shape index (κ3) is 2.80. The lowest BCUT2D eigenvalue weighted by molar-refractivity contribution is -0.153. The number of fused-ring (bicyclic) bond motifs is 1. The number of allylic oxidation sites excluding steroid dienone is 1. The van der Waals surface area contributed by atoms with Crippen LogP contribution in [0.1, 0.15) is 40.7 Å². The highest BCUT2D eigenvalue weighted by molar-refractivity contribution is 6.15. The summed E-state index contributed by atoms with van der Waals surface area (Å²) in [5.41, 5.74) is 1.25. The lowest BCUT2D eigenvalue weighted by Crippen LogP contribution is -2.48. The average molecular weight is 334 g/mol. The molecule has 1 aliphatic rings. The van der Waals surface area contributed by atoms with E-state index in [9.17, 15) is 9.59 Å². The lowest BCUT2D eigenvalue weighted by atomic mass is 9.61. The van der Waals surface area contributed by atoms with Crippen LogP contribution in [0.2, 0.25) is 0 Å². The van der Waals surface area contributed by atoms with E-state index in [0.717, 1.165) is 11.1 Å². The van der Waals surface area contributed by atoms with Gasteiger partial charge in [0.1, 0.15) is 5.41 Å². The summed E-state index contributed by atoms with van der Waals surface area (Å²) in [5, 5.41) is 0. The molecule has 0 aromatic heterocycles. The normalized spacial score (nSPS) is 20.4. The molecule has 25 heavy (non-hydrogen) atoms. The van der Waals surface area contributed by atoms with Crippen LogP contribution in [0, 0.1) is 5.41 Å². The Balaban J connectivity index is 2.17. The zero-order valence-electron chi connectivity index (χ0n) is 14.4. The predicted molar refractivity (Wildman–Crippen MR) is 97.5 cm³/mol. The highest BCUT2D eigenvalue weighted by Gasteiger charge is 2.54. The first-order valence-corrected chi connectivity index (χ1v) is 8.62. The topological polar surface area (TPSA) is 43.4 Å². The molecule has 0 heterocycles. The van der Waals surface area contributed by atoms with E-state index in [-0.39, 0.29) is 12.4 Å². The number of aryl methyl sites for hydroxylation is 1. The van der Waals surface area contributed by atoms with Crippen LogP contribution in [-0.4, -0.2) is 18.4 Å². The molecule has 0 saturated heterocycles. The first kappa shape index (κ1) is 17.2. The summed E-state index contributed by atoms with van der Waals surface area (Å²) < 4.78 is 5.37. The molecule has 2 atom stereocenters. The molecule has 0 fully saturated rings. The maximum absolute atomic E-state index is 13.5. The molecular formula is C22H22O3.